The summed E-state index contributed by atoms with van der Waals surface area (Å²) >= 11 is 1.60. The predicted molar refractivity (Wildman–Crippen MR) is 117 cm³/mol. The fraction of sp³-hybridized carbons (Fsp3) is 0.474. The number of thiazole rings is 1. The largest absolute Gasteiger partial charge is 0.416 e. The Bertz CT molecular complexity index is 816. The second-order valence-electron chi connectivity index (χ2n) is 6.77. The summed E-state index contributed by atoms with van der Waals surface area (Å²) in [5.74, 6) is 0.656. The van der Waals surface area contributed by atoms with Crippen LogP contribution in [-0.2, 0) is 18.1 Å². The lowest BCUT2D eigenvalue weighted by Crippen LogP contribution is -2.41. The molecule has 1 heterocycles. The van der Waals surface area contributed by atoms with E-state index >= 15 is 0 Å². The second-order valence-corrected chi connectivity index (χ2v) is 8.09. The molecule has 0 amide bonds. The Morgan fingerprint density at radius 2 is 2.04 bits per heavy atom. The number of alkyl halides is 3. The van der Waals surface area contributed by atoms with Crippen LogP contribution in [0.4, 0.5) is 13.2 Å². The minimum atomic E-state index is -4.32. The number of hydrogen-bond donors (Lipinski definition) is 2. The summed E-state index contributed by atoms with van der Waals surface area (Å²) in [4.78, 5) is 9.98. The molecule has 2 aromatic rings. The molecule has 2 N–H and O–H groups in total. The normalized spacial score (nSPS) is 15.7. The van der Waals surface area contributed by atoms with Crippen LogP contribution in [0.1, 0.15) is 40.8 Å². The molecule has 0 aliphatic heterocycles. The van der Waals surface area contributed by atoms with Gasteiger partial charge >= 0.3 is 6.18 Å². The smallest absolute Gasteiger partial charge is 0.357 e. The summed E-state index contributed by atoms with van der Waals surface area (Å²) in [6, 6.07) is 5.67. The van der Waals surface area contributed by atoms with Gasteiger partial charge in [-0.05, 0) is 38.3 Å². The van der Waals surface area contributed by atoms with Crippen molar-refractivity contribution in [3.8, 4) is 0 Å². The number of nitrogens with zero attached hydrogens (tertiary/aromatic N) is 2. The van der Waals surface area contributed by atoms with Gasteiger partial charge in [-0.25, -0.2) is 9.98 Å². The zero-order chi connectivity index (χ0) is 19.5. The molecule has 0 saturated heterocycles. The van der Waals surface area contributed by atoms with Crippen LogP contribution < -0.4 is 10.6 Å². The van der Waals surface area contributed by atoms with Crippen molar-refractivity contribution in [2.24, 2.45) is 4.99 Å². The lowest BCUT2D eigenvalue weighted by molar-refractivity contribution is -0.137. The summed E-state index contributed by atoms with van der Waals surface area (Å²) in [6.45, 7) is 5.71. The fourth-order valence-electron chi connectivity index (χ4n) is 2.96. The molecule has 1 aliphatic carbocycles. The molecule has 1 fully saturated rings. The number of benzene rings is 1. The van der Waals surface area contributed by atoms with Crippen molar-refractivity contribution in [1.29, 1.82) is 0 Å². The molecule has 4 nitrogen and oxygen atoms in total. The van der Waals surface area contributed by atoms with Crippen LogP contribution in [0, 0.1) is 6.92 Å². The molecule has 3 rings (SSSR count). The first kappa shape index (κ1) is 22.9. The maximum absolute atomic E-state index is 13.0. The Morgan fingerprint density at radius 3 is 2.61 bits per heavy atom. The third-order valence-electron chi connectivity index (χ3n) is 4.64. The van der Waals surface area contributed by atoms with Crippen molar-refractivity contribution in [3.05, 3.63) is 51.5 Å². The van der Waals surface area contributed by atoms with Crippen LogP contribution in [-0.4, -0.2) is 24.0 Å². The van der Waals surface area contributed by atoms with E-state index in [9.17, 15) is 13.2 Å². The van der Waals surface area contributed by atoms with Crippen molar-refractivity contribution in [1.82, 2.24) is 15.6 Å². The molecule has 0 bridgehead atoms. The highest BCUT2D eigenvalue weighted by molar-refractivity contribution is 14.0. The lowest BCUT2D eigenvalue weighted by atomic mass is 9.94. The lowest BCUT2D eigenvalue weighted by Gasteiger charge is -2.20. The van der Waals surface area contributed by atoms with E-state index in [4.69, 9.17) is 0 Å². The van der Waals surface area contributed by atoms with Crippen molar-refractivity contribution in [3.63, 3.8) is 0 Å². The van der Waals surface area contributed by atoms with Gasteiger partial charge in [0.25, 0.3) is 0 Å². The molecule has 1 aliphatic rings. The minimum Gasteiger partial charge on any atom is -0.357 e. The molecule has 0 unspecified atom stereocenters. The van der Waals surface area contributed by atoms with Crippen LogP contribution >= 0.6 is 35.3 Å². The Balaban J connectivity index is 0.00000280. The van der Waals surface area contributed by atoms with E-state index in [2.05, 4.69) is 20.6 Å². The summed E-state index contributed by atoms with van der Waals surface area (Å²) < 4.78 is 39.0. The Labute approximate surface area is 184 Å². The van der Waals surface area contributed by atoms with Crippen molar-refractivity contribution in [2.45, 2.75) is 44.8 Å². The quantitative estimate of drug-likeness (QED) is 0.322. The molecule has 0 spiro atoms. The molecule has 0 atom stereocenters. The van der Waals surface area contributed by atoms with E-state index in [1.807, 2.05) is 20.0 Å². The van der Waals surface area contributed by atoms with Gasteiger partial charge < -0.3 is 10.6 Å². The van der Waals surface area contributed by atoms with Gasteiger partial charge in [0.2, 0.25) is 0 Å². The molecular weight excluding hydrogens is 500 g/mol. The number of aliphatic imine (C=N–C) groups is 1. The second kappa shape index (κ2) is 9.43. The number of rotatable bonds is 6. The van der Waals surface area contributed by atoms with Crippen molar-refractivity contribution >= 4 is 41.3 Å². The molecule has 154 valence electrons. The van der Waals surface area contributed by atoms with Gasteiger partial charge in [0.1, 0.15) is 5.01 Å². The summed E-state index contributed by atoms with van der Waals surface area (Å²) in [5, 5.41) is 7.41. The molecule has 1 saturated carbocycles. The monoisotopic (exact) mass is 524 g/mol. The van der Waals surface area contributed by atoms with E-state index in [1.165, 1.54) is 12.1 Å². The highest BCUT2D eigenvalue weighted by Crippen LogP contribution is 2.48. The van der Waals surface area contributed by atoms with Gasteiger partial charge in [-0.3, -0.25) is 0 Å². The topological polar surface area (TPSA) is 49.3 Å². The van der Waals surface area contributed by atoms with E-state index in [1.54, 1.807) is 17.4 Å². The minimum absolute atomic E-state index is 0. The highest BCUT2D eigenvalue weighted by atomic mass is 127. The first-order valence-corrected chi connectivity index (χ1v) is 9.75. The number of aryl methyl sites for hydroxylation is 1. The third kappa shape index (κ3) is 5.82. The molecule has 1 aromatic carbocycles. The third-order valence-corrected chi connectivity index (χ3v) is 5.53. The first-order chi connectivity index (χ1) is 12.8. The van der Waals surface area contributed by atoms with E-state index in [-0.39, 0.29) is 29.4 Å². The van der Waals surface area contributed by atoms with Crippen molar-refractivity contribution in [2.75, 3.05) is 13.1 Å². The molecule has 1 aromatic heterocycles. The van der Waals surface area contributed by atoms with Gasteiger partial charge in [0.05, 0.1) is 12.1 Å². The highest BCUT2D eigenvalue weighted by Gasteiger charge is 2.45. The summed E-state index contributed by atoms with van der Waals surface area (Å²) in [7, 11) is 0. The predicted octanol–water partition coefficient (Wildman–Crippen LogP) is 4.88. The first-order valence-electron chi connectivity index (χ1n) is 8.94. The molecule has 0 radical (unpaired) electrons. The van der Waals surface area contributed by atoms with Crippen LogP contribution in [0.2, 0.25) is 0 Å². The van der Waals surface area contributed by atoms with E-state index in [0.717, 1.165) is 34.4 Å². The van der Waals surface area contributed by atoms with Gasteiger partial charge in [-0.15, -0.1) is 35.3 Å². The Hall–Kier alpha value is -1.36. The fourth-order valence-corrected chi connectivity index (χ4v) is 3.67. The van der Waals surface area contributed by atoms with Gasteiger partial charge in [0, 0.05) is 29.6 Å². The molecular formula is C19H24F3IN4S. The zero-order valence-electron chi connectivity index (χ0n) is 15.8. The number of aromatic nitrogens is 1. The molecule has 9 heteroatoms. The summed E-state index contributed by atoms with van der Waals surface area (Å²) in [5.41, 5.74) is -0.114. The number of hydrogen-bond acceptors (Lipinski definition) is 3. The zero-order valence-corrected chi connectivity index (χ0v) is 18.9. The van der Waals surface area contributed by atoms with Crippen LogP contribution in [0.5, 0.6) is 0 Å². The summed E-state index contributed by atoms with van der Waals surface area (Å²) in [6.07, 6.45) is -0.761. The number of nitrogens with one attached hydrogen (secondary N) is 2. The van der Waals surface area contributed by atoms with Gasteiger partial charge in [-0.2, -0.15) is 13.2 Å². The van der Waals surface area contributed by atoms with E-state index in [0.29, 0.717) is 25.6 Å². The standard InChI is InChI=1S/C19H23F3N4S.HI/c1-3-23-17(25-11-16-24-10-13(2)27-16)26-12-18(7-8-18)14-5-4-6-15(9-14)19(20,21)22;/h4-6,9-10H,3,7-8,11-12H2,1-2H3,(H2,23,25,26);1H. The van der Waals surface area contributed by atoms with E-state index < -0.39 is 11.7 Å². The van der Waals surface area contributed by atoms with Crippen LogP contribution in [0.15, 0.2) is 35.5 Å². The maximum Gasteiger partial charge on any atom is 0.416 e. The number of halogens is 4. The van der Waals surface area contributed by atoms with Crippen LogP contribution in [0.3, 0.4) is 0 Å². The SMILES string of the molecule is CCNC(=NCc1ncc(C)s1)NCC1(c2cccc(C(F)(F)F)c2)CC1.I. The average Bonchev–Trinajstić information content (AvgIpc) is 3.31. The van der Waals surface area contributed by atoms with Crippen LogP contribution in [0.25, 0.3) is 0 Å². The number of guanidine groups is 1. The maximum atomic E-state index is 13.0. The Morgan fingerprint density at radius 1 is 1.29 bits per heavy atom. The Kier molecular flexibility index (Phi) is 7.72. The van der Waals surface area contributed by atoms with Gasteiger partial charge in [0.15, 0.2) is 5.96 Å². The molecule has 28 heavy (non-hydrogen) atoms. The van der Waals surface area contributed by atoms with Crippen molar-refractivity contribution < 1.29 is 13.2 Å². The average molecular weight is 524 g/mol. The van der Waals surface area contributed by atoms with Gasteiger partial charge in [-0.1, -0.05) is 18.2 Å².